The van der Waals surface area contributed by atoms with Crippen LogP contribution in [-0.4, -0.2) is 32.0 Å². The van der Waals surface area contributed by atoms with E-state index in [1.165, 1.54) is 0 Å². The van der Waals surface area contributed by atoms with Crippen molar-refractivity contribution in [1.29, 1.82) is 0 Å². The van der Waals surface area contributed by atoms with Crippen LogP contribution in [0.5, 0.6) is 11.5 Å². The molecule has 1 aromatic rings. The maximum Gasteiger partial charge on any atom is 0.253 e. The van der Waals surface area contributed by atoms with Crippen LogP contribution in [0.2, 0.25) is 0 Å². The summed E-state index contributed by atoms with van der Waals surface area (Å²) in [6.07, 6.45) is 3.08. The number of anilines is 1. The van der Waals surface area contributed by atoms with Crippen LogP contribution in [0.1, 0.15) is 29.6 Å². The maximum absolute atomic E-state index is 12.2. The number of hydrogen-bond donors (Lipinski definition) is 2. The van der Waals surface area contributed by atoms with Crippen molar-refractivity contribution in [3.63, 3.8) is 0 Å². The highest BCUT2D eigenvalue weighted by atomic mass is 16.7. The fourth-order valence-electron chi connectivity index (χ4n) is 2.52. The molecule has 1 fully saturated rings. The van der Waals surface area contributed by atoms with Crippen LogP contribution in [0.3, 0.4) is 0 Å². The number of fused-ring (bicyclic) bond motifs is 1. The van der Waals surface area contributed by atoms with Crippen molar-refractivity contribution in [3.8, 4) is 11.5 Å². The second-order valence-corrected chi connectivity index (χ2v) is 5.22. The van der Waals surface area contributed by atoms with E-state index in [9.17, 15) is 4.79 Å². The van der Waals surface area contributed by atoms with Crippen molar-refractivity contribution in [3.05, 3.63) is 17.7 Å². The molecule has 6 nitrogen and oxygen atoms in total. The highest BCUT2D eigenvalue weighted by molar-refractivity contribution is 6.00. The van der Waals surface area contributed by atoms with Crippen LogP contribution in [0.15, 0.2) is 12.1 Å². The van der Waals surface area contributed by atoms with Crippen molar-refractivity contribution >= 4 is 11.6 Å². The molecule has 3 N–H and O–H groups in total. The number of carbonyl (C=O) groups is 1. The summed E-state index contributed by atoms with van der Waals surface area (Å²) < 4.78 is 16.0. The molecule has 0 unspecified atom stereocenters. The molecule has 0 spiro atoms. The van der Waals surface area contributed by atoms with E-state index in [0.29, 0.717) is 29.3 Å². The first-order valence-electron chi connectivity index (χ1n) is 6.66. The van der Waals surface area contributed by atoms with E-state index in [4.69, 9.17) is 19.9 Å². The number of nitrogen functional groups attached to an aromatic ring is 1. The van der Waals surface area contributed by atoms with E-state index in [1.807, 2.05) is 0 Å². The van der Waals surface area contributed by atoms with Crippen LogP contribution in [0.4, 0.5) is 5.69 Å². The molecule has 108 valence electrons. The number of methoxy groups -OCH3 is 1. The van der Waals surface area contributed by atoms with Gasteiger partial charge in [-0.15, -0.1) is 0 Å². The number of nitrogens with two attached hydrogens (primary N) is 1. The highest BCUT2D eigenvalue weighted by Crippen LogP contribution is 2.36. The first-order valence-corrected chi connectivity index (χ1v) is 6.66. The summed E-state index contributed by atoms with van der Waals surface area (Å²) in [5.74, 6) is 0.907. The molecule has 2 aliphatic rings. The van der Waals surface area contributed by atoms with Gasteiger partial charge in [-0.1, -0.05) is 0 Å². The third kappa shape index (κ3) is 2.16. The molecule has 6 heteroatoms. The summed E-state index contributed by atoms with van der Waals surface area (Å²) in [5, 5.41) is 2.88. The Morgan fingerprint density at radius 3 is 2.70 bits per heavy atom. The molecule has 0 radical (unpaired) electrons. The average molecular weight is 278 g/mol. The third-order valence-corrected chi connectivity index (χ3v) is 4.06. The summed E-state index contributed by atoms with van der Waals surface area (Å²) in [5.41, 5.74) is 6.46. The zero-order valence-corrected chi connectivity index (χ0v) is 11.4. The Morgan fingerprint density at radius 1 is 1.40 bits per heavy atom. The third-order valence-electron chi connectivity index (χ3n) is 4.06. The smallest absolute Gasteiger partial charge is 0.253 e. The molecular formula is C14H18N2O4. The van der Waals surface area contributed by atoms with Crippen molar-refractivity contribution in [1.82, 2.24) is 5.32 Å². The number of ether oxygens (including phenoxy) is 3. The predicted molar refractivity (Wildman–Crippen MR) is 72.9 cm³/mol. The first kappa shape index (κ1) is 13.1. The number of hydrogen-bond acceptors (Lipinski definition) is 5. The molecule has 1 amide bonds. The molecule has 0 bridgehead atoms. The van der Waals surface area contributed by atoms with Crippen LogP contribution < -0.4 is 20.5 Å². The topological polar surface area (TPSA) is 82.8 Å². The van der Waals surface area contributed by atoms with E-state index in [2.05, 4.69) is 5.32 Å². The number of carbonyl (C=O) groups excluding carboxylic acids is 1. The Hall–Kier alpha value is -1.95. The minimum absolute atomic E-state index is 0.159. The monoisotopic (exact) mass is 278 g/mol. The lowest BCUT2D eigenvalue weighted by Crippen LogP contribution is -2.49. The van der Waals surface area contributed by atoms with Crippen molar-refractivity contribution in [2.45, 2.75) is 24.9 Å². The Labute approximate surface area is 117 Å². The van der Waals surface area contributed by atoms with Crippen LogP contribution in [0, 0.1) is 0 Å². The summed E-state index contributed by atoms with van der Waals surface area (Å²) >= 11 is 0. The minimum Gasteiger partial charge on any atom is -0.454 e. The Balaban J connectivity index is 1.71. The zero-order chi connectivity index (χ0) is 14.2. The van der Waals surface area contributed by atoms with Gasteiger partial charge in [-0.2, -0.15) is 0 Å². The lowest BCUT2D eigenvalue weighted by Gasteiger charge is -2.40. The van der Waals surface area contributed by atoms with Crippen molar-refractivity contribution in [2.75, 3.05) is 26.2 Å². The van der Waals surface area contributed by atoms with Gasteiger partial charge in [0.25, 0.3) is 5.91 Å². The molecule has 1 saturated carbocycles. The largest absolute Gasteiger partial charge is 0.454 e. The standard InChI is InChI=1S/C14H18N2O4/c1-18-14(3-2-4-14)7-16-13(17)9-5-11-12(6-10(9)15)20-8-19-11/h5-6H,2-4,7-8,15H2,1H3,(H,16,17). The normalized spacial score (nSPS) is 18.4. The van der Waals surface area contributed by atoms with E-state index < -0.39 is 0 Å². The van der Waals surface area contributed by atoms with E-state index in [1.54, 1.807) is 19.2 Å². The summed E-state index contributed by atoms with van der Waals surface area (Å²) in [7, 11) is 1.68. The van der Waals surface area contributed by atoms with Gasteiger partial charge in [-0.25, -0.2) is 0 Å². The molecule has 3 rings (SSSR count). The second kappa shape index (κ2) is 4.86. The van der Waals surface area contributed by atoms with Gasteiger partial charge < -0.3 is 25.3 Å². The molecule has 0 aromatic heterocycles. The molecule has 1 aliphatic carbocycles. The lowest BCUT2D eigenvalue weighted by molar-refractivity contribution is -0.0679. The second-order valence-electron chi connectivity index (χ2n) is 5.22. The van der Waals surface area contributed by atoms with E-state index in [-0.39, 0.29) is 18.3 Å². The Morgan fingerprint density at radius 2 is 2.10 bits per heavy atom. The highest BCUT2D eigenvalue weighted by Gasteiger charge is 2.37. The van der Waals surface area contributed by atoms with Crippen LogP contribution >= 0.6 is 0 Å². The summed E-state index contributed by atoms with van der Waals surface area (Å²) in [6.45, 7) is 0.656. The number of nitrogens with one attached hydrogen (secondary N) is 1. The number of rotatable bonds is 4. The minimum atomic E-state index is -0.218. The Kier molecular flexibility index (Phi) is 3.17. The molecule has 1 aliphatic heterocycles. The van der Waals surface area contributed by atoms with Crippen LogP contribution in [-0.2, 0) is 4.74 Å². The molecule has 0 atom stereocenters. The van der Waals surface area contributed by atoms with Gasteiger partial charge in [-0.3, -0.25) is 4.79 Å². The van der Waals surface area contributed by atoms with E-state index in [0.717, 1.165) is 19.3 Å². The SMILES string of the molecule is COC1(CNC(=O)c2cc3c(cc2N)OCO3)CCC1. The zero-order valence-electron chi connectivity index (χ0n) is 11.4. The molecule has 20 heavy (non-hydrogen) atoms. The van der Waals surface area contributed by atoms with Gasteiger partial charge in [-0.05, 0) is 25.3 Å². The van der Waals surface area contributed by atoms with Gasteiger partial charge in [0.2, 0.25) is 6.79 Å². The van der Waals surface area contributed by atoms with Gasteiger partial charge in [0.15, 0.2) is 11.5 Å². The van der Waals surface area contributed by atoms with Gasteiger partial charge >= 0.3 is 0 Å². The molecular weight excluding hydrogens is 260 g/mol. The van der Waals surface area contributed by atoms with Gasteiger partial charge in [0, 0.05) is 25.4 Å². The first-order chi connectivity index (χ1) is 9.63. The van der Waals surface area contributed by atoms with Crippen LogP contribution in [0.25, 0.3) is 0 Å². The molecule has 1 heterocycles. The van der Waals surface area contributed by atoms with E-state index >= 15 is 0 Å². The van der Waals surface area contributed by atoms with Crippen molar-refractivity contribution in [2.24, 2.45) is 0 Å². The Bertz CT molecular complexity index is 535. The fraction of sp³-hybridized carbons (Fsp3) is 0.500. The molecule has 0 saturated heterocycles. The quantitative estimate of drug-likeness (QED) is 0.811. The lowest BCUT2D eigenvalue weighted by atomic mass is 9.80. The summed E-state index contributed by atoms with van der Waals surface area (Å²) in [6, 6.07) is 3.24. The van der Waals surface area contributed by atoms with Crippen molar-refractivity contribution < 1.29 is 19.0 Å². The molecule has 1 aromatic carbocycles. The van der Waals surface area contributed by atoms with Gasteiger partial charge in [0.1, 0.15) is 0 Å². The fourth-order valence-corrected chi connectivity index (χ4v) is 2.52. The number of benzene rings is 1. The van der Waals surface area contributed by atoms with Gasteiger partial charge in [0.05, 0.1) is 11.2 Å². The predicted octanol–water partition coefficient (Wildman–Crippen LogP) is 1.30. The summed E-state index contributed by atoms with van der Waals surface area (Å²) in [4.78, 5) is 12.2. The maximum atomic E-state index is 12.2. The number of amides is 1. The average Bonchev–Trinajstić information content (AvgIpc) is 2.83.